The predicted octanol–water partition coefficient (Wildman–Crippen LogP) is 1.56. The number of pyridine rings is 1. The maximum atomic E-state index is 13.3. The molecule has 0 radical (unpaired) electrons. The number of dihydropyridines is 1. The Bertz CT molecular complexity index is 1190. The lowest BCUT2D eigenvalue weighted by atomic mass is 10.00. The standard InChI is InChI=1S/C20H19N5O2/c1-20(11-5-6-12-22-20)13-24-18(26)15-9-10-16(21)23-17(15)25(19(24)27)14-7-3-2-4-8-14/h2-12,22H,13H2,1H3,(H2,21,23). The molecular formula is C20H19N5O2. The van der Waals surface area contributed by atoms with E-state index in [0.29, 0.717) is 11.1 Å². The number of rotatable bonds is 3. The molecule has 0 aliphatic carbocycles. The lowest BCUT2D eigenvalue weighted by Gasteiger charge is -2.29. The highest BCUT2D eigenvalue weighted by atomic mass is 16.2. The van der Waals surface area contributed by atoms with Gasteiger partial charge in [-0.15, -0.1) is 0 Å². The zero-order chi connectivity index (χ0) is 19.0. The summed E-state index contributed by atoms with van der Waals surface area (Å²) in [6.45, 7) is 2.11. The van der Waals surface area contributed by atoms with Gasteiger partial charge in [-0.2, -0.15) is 0 Å². The van der Waals surface area contributed by atoms with Crippen molar-refractivity contribution < 1.29 is 0 Å². The zero-order valence-corrected chi connectivity index (χ0v) is 14.8. The smallest absolute Gasteiger partial charge is 0.337 e. The third kappa shape index (κ3) is 2.93. The van der Waals surface area contributed by atoms with E-state index in [0.717, 1.165) is 0 Å². The van der Waals surface area contributed by atoms with Gasteiger partial charge in [0.2, 0.25) is 0 Å². The molecule has 0 saturated heterocycles. The number of nitrogens with one attached hydrogen (secondary N) is 1. The second-order valence-electron chi connectivity index (χ2n) is 6.73. The van der Waals surface area contributed by atoms with Crippen LogP contribution in [0.3, 0.4) is 0 Å². The number of anilines is 1. The van der Waals surface area contributed by atoms with Gasteiger partial charge in [0.1, 0.15) is 5.82 Å². The van der Waals surface area contributed by atoms with Crippen LogP contribution in [0.5, 0.6) is 0 Å². The predicted molar refractivity (Wildman–Crippen MR) is 106 cm³/mol. The highest BCUT2D eigenvalue weighted by Crippen LogP contribution is 2.16. The average Bonchev–Trinajstić information content (AvgIpc) is 2.67. The Morgan fingerprint density at radius 2 is 1.89 bits per heavy atom. The monoisotopic (exact) mass is 361 g/mol. The Morgan fingerprint density at radius 1 is 1.11 bits per heavy atom. The van der Waals surface area contributed by atoms with Crippen LogP contribution in [0.15, 0.2) is 76.5 Å². The fraction of sp³-hybridized carbons (Fsp3) is 0.150. The van der Waals surface area contributed by atoms with Gasteiger partial charge in [0.05, 0.1) is 23.2 Å². The molecule has 1 aromatic carbocycles. The van der Waals surface area contributed by atoms with Crippen molar-refractivity contribution >= 4 is 16.9 Å². The lowest BCUT2D eigenvalue weighted by Crippen LogP contribution is -2.50. The number of para-hydroxylation sites is 1. The number of hydrogen-bond acceptors (Lipinski definition) is 5. The maximum Gasteiger partial charge on any atom is 0.337 e. The number of nitrogens with two attached hydrogens (primary N) is 1. The van der Waals surface area contributed by atoms with Crippen molar-refractivity contribution in [3.63, 3.8) is 0 Å². The SMILES string of the molecule is CC1(Cn2c(=O)c3ccc(N)nc3n(-c3ccccc3)c2=O)C=CC=CN1. The molecule has 3 heterocycles. The van der Waals surface area contributed by atoms with Crippen LogP contribution in [0, 0.1) is 0 Å². The molecule has 3 N–H and O–H groups in total. The van der Waals surface area contributed by atoms with E-state index in [4.69, 9.17) is 5.73 Å². The highest BCUT2D eigenvalue weighted by Gasteiger charge is 2.25. The molecule has 136 valence electrons. The molecular weight excluding hydrogens is 342 g/mol. The topological polar surface area (TPSA) is 94.9 Å². The van der Waals surface area contributed by atoms with Gasteiger partial charge in [-0.25, -0.2) is 14.3 Å². The molecule has 1 aliphatic rings. The Balaban J connectivity index is 2.02. The molecule has 0 amide bonds. The van der Waals surface area contributed by atoms with Gasteiger partial charge < -0.3 is 11.1 Å². The van der Waals surface area contributed by atoms with Gasteiger partial charge in [0.15, 0.2) is 5.65 Å². The molecule has 27 heavy (non-hydrogen) atoms. The third-order valence-electron chi connectivity index (χ3n) is 4.59. The summed E-state index contributed by atoms with van der Waals surface area (Å²) in [6, 6.07) is 12.3. The van der Waals surface area contributed by atoms with E-state index < -0.39 is 11.2 Å². The molecule has 7 nitrogen and oxygen atoms in total. The van der Waals surface area contributed by atoms with Gasteiger partial charge in [-0.1, -0.05) is 30.4 Å². The number of hydrogen-bond donors (Lipinski definition) is 2. The third-order valence-corrected chi connectivity index (χ3v) is 4.59. The van der Waals surface area contributed by atoms with Gasteiger partial charge >= 0.3 is 5.69 Å². The first-order chi connectivity index (χ1) is 13.0. The molecule has 7 heteroatoms. The highest BCUT2D eigenvalue weighted by molar-refractivity contribution is 5.77. The van der Waals surface area contributed by atoms with Crippen LogP contribution in [0.25, 0.3) is 16.7 Å². The molecule has 0 fully saturated rings. The van der Waals surface area contributed by atoms with Crippen molar-refractivity contribution in [2.75, 3.05) is 5.73 Å². The van der Waals surface area contributed by atoms with E-state index >= 15 is 0 Å². The van der Waals surface area contributed by atoms with Crippen LogP contribution in [-0.2, 0) is 6.54 Å². The summed E-state index contributed by atoms with van der Waals surface area (Å²) >= 11 is 0. The fourth-order valence-corrected chi connectivity index (χ4v) is 3.23. The minimum Gasteiger partial charge on any atom is -0.384 e. The van der Waals surface area contributed by atoms with Gasteiger partial charge in [-0.3, -0.25) is 9.36 Å². The Morgan fingerprint density at radius 3 is 2.59 bits per heavy atom. The van der Waals surface area contributed by atoms with Crippen LogP contribution < -0.4 is 22.3 Å². The normalized spacial score (nSPS) is 18.6. The summed E-state index contributed by atoms with van der Waals surface area (Å²) < 4.78 is 2.67. The van der Waals surface area contributed by atoms with E-state index in [9.17, 15) is 9.59 Å². The Hall–Kier alpha value is -3.61. The molecule has 0 bridgehead atoms. The summed E-state index contributed by atoms with van der Waals surface area (Å²) in [5.41, 5.74) is 5.30. The number of aromatic nitrogens is 3. The van der Waals surface area contributed by atoms with Crippen molar-refractivity contribution in [2.24, 2.45) is 0 Å². The first-order valence-electron chi connectivity index (χ1n) is 8.58. The maximum absolute atomic E-state index is 13.3. The van der Waals surface area contributed by atoms with Crippen molar-refractivity contribution in [3.8, 4) is 5.69 Å². The first kappa shape index (κ1) is 16.8. The zero-order valence-electron chi connectivity index (χ0n) is 14.8. The van der Waals surface area contributed by atoms with E-state index in [1.54, 1.807) is 30.5 Å². The fourth-order valence-electron chi connectivity index (χ4n) is 3.23. The van der Waals surface area contributed by atoms with E-state index in [1.165, 1.54) is 9.13 Å². The van der Waals surface area contributed by atoms with Crippen LogP contribution in [0.2, 0.25) is 0 Å². The number of fused-ring (bicyclic) bond motifs is 1. The first-order valence-corrected chi connectivity index (χ1v) is 8.58. The van der Waals surface area contributed by atoms with Crippen LogP contribution in [-0.4, -0.2) is 19.7 Å². The van der Waals surface area contributed by atoms with E-state index in [1.807, 2.05) is 43.4 Å². The molecule has 1 unspecified atom stereocenters. The Labute approximate surface area is 155 Å². The lowest BCUT2D eigenvalue weighted by molar-refractivity contribution is 0.402. The average molecular weight is 361 g/mol. The van der Waals surface area contributed by atoms with Crippen LogP contribution in [0.1, 0.15) is 6.92 Å². The molecule has 1 aliphatic heterocycles. The molecule has 4 rings (SSSR count). The summed E-state index contributed by atoms with van der Waals surface area (Å²) in [5.74, 6) is 0.248. The number of benzene rings is 1. The number of nitrogen functional groups attached to an aromatic ring is 1. The van der Waals surface area contributed by atoms with Gasteiger partial charge in [-0.05, 0) is 43.5 Å². The van der Waals surface area contributed by atoms with Crippen molar-refractivity contribution in [3.05, 3.63) is 87.7 Å². The Kier molecular flexibility index (Phi) is 3.92. The summed E-state index contributed by atoms with van der Waals surface area (Å²) in [4.78, 5) is 30.6. The number of allylic oxidation sites excluding steroid dienone is 2. The minimum absolute atomic E-state index is 0.179. The van der Waals surface area contributed by atoms with Gasteiger partial charge in [0.25, 0.3) is 5.56 Å². The quantitative estimate of drug-likeness (QED) is 0.738. The van der Waals surface area contributed by atoms with Crippen molar-refractivity contribution in [1.29, 1.82) is 0 Å². The second-order valence-corrected chi connectivity index (χ2v) is 6.73. The van der Waals surface area contributed by atoms with Crippen molar-refractivity contribution in [2.45, 2.75) is 19.0 Å². The summed E-state index contributed by atoms with van der Waals surface area (Å²) in [6.07, 6.45) is 7.47. The molecule has 2 aromatic heterocycles. The van der Waals surface area contributed by atoms with Crippen molar-refractivity contribution in [1.82, 2.24) is 19.4 Å². The molecule has 0 saturated carbocycles. The van der Waals surface area contributed by atoms with E-state index in [-0.39, 0.29) is 23.6 Å². The molecule has 3 aromatic rings. The number of nitrogens with zero attached hydrogens (tertiary/aromatic N) is 3. The summed E-state index contributed by atoms with van der Waals surface area (Å²) in [7, 11) is 0. The van der Waals surface area contributed by atoms with E-state index in [2.05, 4.69) is 10.3 Å². The molecule has 1 atom stereocenters. The minimum atomic E-state index is -0.554. The largest absolute Gasteiger partial charge is 0.384 e. The summed E-state index contributed by atoms with van der Waals surface area (Å²) in [5, 5.41) is 3.54. The van der Waals surface area contributed by atoms with Crippen LogP contribution in [0.4, 0.5) is 5.82 Å². The van der Waals surface area contributed by atoms with Gasteiger partial charge in [0, 0.05) is 0 Å². The van der Waals surface area contributed by atoms with Crippen LogP contribution >= 0.6 is 0 Å². The second kappa shape index (κ2) is 6.28. The molecule has 0 spiro atoms.